The van der Waals surface area contributed by atoms with Crippen molar-refractivity contribution in [2.24, 2.45) is 7.05 Å². The van der Waals surface area contributed by atoms with Crippen LogP contribution < -0.4 is 10.1 Å². The Morgan fingerprint density at radius 2 is 1.84 bits per heavy atom. The number of nitrogens with zero attached hydrogens (tertiary/aromatic N) is 2. The smallest absolute Gasteiger partial charge is 0.119 e. The highest BCUT2D eigenvalue weighted by molar-refractivity contribution is 5.47. The molecule has 0 fully saturated rings. The summed E-state index contributed by atoms with van der Waals surface area (Å²) in [5.41, 5.74) is 2.25. The number of aryl methyl sites for hydroxylation is 1. The quantitative estimate of drug-likeness (QED) is 0.894. The summed E-state index contributed by atoms with van der Waals surface area (Å²) in [6.45, 7) is 6.17. The molecule has 0 radical (unpaired) electrons. The average molecular weight is 259 g/mol. The van der Waals surface area contributed by atoms with Crippen LogP contribution in [0, 0.1) is 0 Å². The molecule has 4 nitrogen and oxygen atoms in total. The first-order valence-electron chi connectivity index (χ1n) is 6.56. The maximum absolute atomic E-state index is 5.62. The molecule has 1 N–H and O–H groups in total. The number of rotatable bonds is 5. The molecule has 1 aromatic carbocycles. The fraction of sp³-hybridized carbons (Fsp3) is 0.400. The zero-order valence-corrected chi connectivity index (χ0v) is 11.9. The molecule has 1 atom stereocenters. The molecule has 1 unspecified atom stereocenters. The summed E-state index contributed by atoms with van der Waals surface area (Å²) >= 11 is 0. The Labute approximate surface area is 114 Å². The van der Waals surface area contributed by atoms with Crippen LogP contribution in [0.3, 0.4) is 0 Å². The molecule has 0 aliphatic rings. The van der Waals surface area contributed by atoms with Crippen molar-refractivity contribution in [3.63, 3.8) is 0 Å². The van der Waals surface area contributed by atoms with E-state index in [-0.39, 0.29) is 12.1 Å². The van der Waals surface area contributed by atoms with Gasteiger partial charge in [0.1, 0.15) is 5.75 Å². The second-order valence-electron chi connectivity index (χ2n) is 5.00. The van der Waals surface area contributed by atoms with E-state index in [1.54, 1.807) is 0 Å². The topological polar surface area (TPSA) is 39.1 Å². The molecular weight excluding hydrogens is 238 g/mol. The first-order valence-corrected chi connectivity index (χ1v) is 6.56. The Morgan fingerprint density at radius 3 is 2.37 bits per heavy atom. The summed E-state index contributed by atoms with van der Waals surface area (Å²) in [7, 11) is 1.92. The summed E-state index contributed by atoms with van der Waals surface area (Å²) in [4.78, 5) is 0. The van der Waals surface area contributed by atoms with E-state index in [9.17, 15) is 0 Å². The lowest BCUT2D eigenvalue weighted by molar-refractivity contribution is 0.242. The number of aromatic nitrogens is 2. The number of nitrogens with one attached hydrogen (secondary N) is 1. The van der Waals surface area contributed by atoms with E-state index in [1.807, 2.05) is 62.2 Å². The van der Waals surface area contributed by atoms with Gasteiger partial charge in [-0.15, -0.1) is 0 Å². The van der Waals surface area contributed by atoms with Gasteiger partial charge in [-0.25, -0.2) is 0 Å². The van der Waals surface area contributed by atoms with Gasteiger partial charge in [-0.2, -0.15) is 5.10 Å². The molecular formula is C15H21N3O. The maximum atomic E-state index is 5.62. The predicted molar refractivity (Wildman–Crippen MR) is 77.5 cm³/mol. The number of hydrogen-bond donors (Lipinski definition) is 1. The van der Waals surface area contributed by atoms with Crippen molar-refractivity contribution >= 4 is 5.69 Å². The SMILES string of the molecule is CC(C)Oc1ccc(NC(C)c2cnn(C)c2)cc1. The molecule has 102 valence electrons. The maximum Gasteiger partial charge on any atom is 0.119 e. The third kappa shape index (κ3) is 3.74. The van der Waals surface area contributed by atoms with Crippen molar-refractivity contribution in [3.8, 4) is 5.75 Å². The molecule has 0 saturated heterocycles. The van der Waals surface area contributed by atoms with Crippen LogP contribution in [-0.2, 0) is 7.05 Å². The Kier molecular flexibility index (Phi) is 4.10. The molecule has 2 rings (SSSR count). The van der Waals surface area contributed by atoms with Crippen LogP contribution in [0.5, 0.6) is 5.75 Å². The highest BCUT2D eigenvalue weighted by atomic mass is 16.5. The van der Waals surface area contributed by atoms with Crippen LogP contribution in [0.15, 0.2) is 36.7 Å². The fourth-order valence-electron chi connectivity index (χ4n) is 1.90. The lowest BCUT2D eigenvalue weighted by atomic mass is 10.2. The molecule has 1 heterocycles. The van der Waals surface area contributed by atoms with Crippen molar-refractivity contribution in [3.05, 3.63) is 42.2 Å². The van der Waals surface area contributed by atoms with E-state index in [4.69, 9.17) is 4.74 Å². The van der Waals surface area contributed by atoms with Crippen LogP contribution >= 0.6 is 0 Å². The van der Waals surface area contributed by atoms with Gasteiger partial charge in [0, 0.05) is 24.5 Å². The van der Waals surface area contributed by atoms with Crippen molar-refractivity contribution in [2.75, 3.05) is 5.32 Å². The summed E-state index contributed by atoms with van der Waals surface area (Å²) in [6.07, 6.45) is 4.11. The van der Waals surface area contributed by atoms with Crippen molar-refractivity contribution in [1.82, 2.24) is 9.78 Å². The average Bonchev–Trinajstić information content (AvgIpc) is 2.78. The normalized spacial score (nSPS) is 12.5. The van der Waals surface area contributed by atoms with Gasteiger partial charge in [0.25, 0.3) is 0 Å². The highest BCUT2D eigenvalue weighted by Gasteiger charge is 2.07. The Balaban J connectivity index is 1.99. The molecule has 0 aliphatic carbocycles. The van der Waals surface area contributed by atoms with E-state index >= 15 is 0 Å². The third-order valence-corrected chi connectivity index (χ3v) is 2.83. The number of anilines is 1. The highest BCUT2D eigenvalue weighted by Crippen LogP contribution is 2.21. The predicted octanol–water partition coefficient (Wildman–Crippen LogP) is 3.38. The van der Waals surface area contributed by atoms with E-state index in [2.05, 4.69) is 17.3 Å². The summed E-state index contributed by atoms with van der Waals surface area (Å²) in [6, 6.07) is 8.26. The van der Waals surface area contributed by atoms with Crippen LogP contribution in [0.1, 0.15) is 32.4 Å². The molecule has 2 aromatic rings. The van der Waals surface area contributed by atoms with Crippen LogP contribution in [-0.4, -0.2) is 15.9 Å². The Hall–Kier alpha value is -1.97. The van der Waals surface area contributed by atoms with Gasteiger partial charge >= 0.3 is 0 Å². The zero-order valence-electron chi connectivity index (χ0n) is 11.9. The second-order valence-corrected chi connectivity index (χ2v) is 5.00. The lowest BCUT2D eigenvalue weighted by Crippen LogP contribution is -2.07. The van der Waals surface area contributed by atoms with Gasteiger partial charge < -0.3 is 10.1 Å². The monoisotopic (exact) mass is 259 g/mol. The summed E-state index contributed by atoms with van der Waals surface area (Å²) in [5, 5.41) is 7.63. The standard InChI is InChI=1S/C15H21N3O/c1-11(2)19-15-7-5-14(6-8-15)17-12(3)13-9-16-18(4)10-13/h5-12,17H,1-4H3. The first kappa shape index (κ1) is 13.5. The van der Waals surface area contributed by atoms with Crippen molar-refractivity contribution < 1.29 is 4.74 Å². The lowest BCUT2D eigenvalue weighted by Gasteiger charge is -2.15. The van der Waals surface area contributed by atoms with Gasteiger partial charge in [0.05, 0.1) is 18.3 Å². The van der Waals surface area contributed by atoms with E-state index in [0.29, 0.717) is 0 Å². The van der Waals surface area contributed by atoms with Crippen LogP contribution in [0.25, 0.3) is 0 Å². The zero-order chi connectivity index (χ0) is 13.8. The third-order valence-electron chi connectivity index (χ3n) is 2.83. The first-order chi connectivity index (χ1) is 9.04. The van der Waals surface area contributed by atoms with E-state index in [1.165, 1.54) is 5.56 Å². The summed E-state index contributed by atoms with van der Waals surface area (Å²) < 4.78 is 7.43. The van der Waals surface area contributed by atoms with E-state index < -0.39 is 0 Å². The van der Waals surface area contributed by atoms with Crippen molar-refractivity contribution in [2.45, 2.75) is 32.9 Å². The Morgan fingerprint density at radius 1 is 1.16 bits per heavy atom. The van der Waals surface area contributed by atoms with Crippen LogP contribution in [0.2, 0.25) is 0 Å². The van der Waals surface area contributed by atoms with Crippen LogP contribution in [0.4, 0.5) is 5.69 Å². The van der Waals surface area contributed by atoms with Gasteiger partial charge in [0.15, 0.2) is 0 Å². The van der Waals surface area contributed by atoms with Gasteiger partial charge in [-0.3, -0.25) is 4.68 Å². The number of ether oxygens (including phenoxy) is 1. The fourth-order valence-corrected chi connectivity index (χ4v) is 1.90. The van der Waals surface area contributed by atoms with Gasteiger partial charge in [-0.1, -0.05) is 0 Å². The number of hydrogen-bond acceptors (Lipinski definition) is 3. The molecule has 0 bridgehead atoms. The van der Waals surface area contributed by atoms with Gasteiger partial charge in [0.2, 0.25) is 0 Å². The largest absolute Gasteiger partial charge is 0.491 e. The molecule has 1 aromatic heterocycles. The molecule has 0 saturated carbocycles. The Bertz CT molecular complexity index is 516. The van der Waals surface area contributed by atoms with Crippen molar-refractivity contribution in [1.29, 1.82) is 0 Å². The minimum absolute atomic E-state index is 0.202. The molecule has 0 aliphatic heterocycles. The minimum Gasteiger partial charge on any atom is -0.491 e. The summed E-state index contributed by atoms with van der Waals surface area (Å²) in [5.74, 6) is 0.898. The molecule has 0 amide bonds. The number of benzene rings is 1. The molecule has 0 spiro atoms. The molecule has 4 heteroatoms. The minimum atomic E-state index is 0.202. The second kappa shape index (κ2) is 5.78. The van der Waals surface area contributed by atoms with E-state index in [0.717, 1.165) is 11.4 Å². The van der Waals surface area contributed by atoms with Gasteiger partial charge in [-0.05, 0) is 45.0 Å². The molecule has 19 heavy (non-hydrogen) atoms.